The van der Waals surface area contributed by atoms with Gasteiger partial charge in [0.25, 0.3) is 0 Å². The maximum Gasteiger partial charge on any atom is 0.356 e. The number of carbonyl (C=O) groups is 1. The summed E-state index contributed by atoms with van der Waals surface area (Å²) < 4.78 is 11.4. The van der Waals surface area contributed by atoms with Crippen LogP contribution < -0.4 is 11.1 Å². The van der Waals surface area contributed by atoms with E-state index in [4.69, 9.17) is 20.0 Å². The summed E-state index contributed by atoms with van der Waals surface area (Å²) in [7, 11) is 0. The van der Waals surface area contributed by atoms with Gasteiger partial charge in [-0.1, -0.05) is 0 Å². The fourth-order valence-electron chi connectivity index (χ4n) is 2.66. The van der Waals surface area contributed by atoms with E-state index in [0.29, 0.717) is 41.0 Å². The van der Waals surface area contributed by atoms with Gasteiger partial charge in [-0.3, -0.25) is 0 Å². The first-order valence-electron chi connectivity index (χ1n) is 7.18. The van der Waals surface area contributed by atoms with Crippen LogP contribution in [0.3, 0.4) is 0 Å². The highest BCUT2D eigenvalue weighted by atomic mass is 16.5. The zero-order chi connectivity index (χ0) is 16.0. The molecule has 0 aliphatic carbocycles. The Hall–Kier alpha value is -2.71. The minimum absolute atomic E-state index is 0.118. The van der Waals surface area contributed by atoms with E-state index in [1.54, 1.807) is 18.2 Å². The van der Waals surface area contributed by atoms with E-state index in [2.05, 4.69) is 15.3 Å². The van der Waals surface area contributed by atoms with Gasteiger partial charge in [-0.05, 0) is 12.1 Å². The molecule has 1 aliphatic heterocycles. The molecule has 0 saturated carbocycles. The van der Waals surface area contributed by atoms with E-state index < -0.39 is 5.97 Å². The molecular weight excluding hydrogens is 300 g/mol. The molecule has 1 unspecified atom stereocenters. The number of hydrogen-bond acceptors (Lipinski definition) is 7. The van der Waals surface area contributed by atoms with Crippen LogP contribution in [-0.2, 0) is 4.74 Å². The Morgan fingerprint density at radius 1 is 1.30 bits per heavy atom. The number of nitrogen functional groups attached to an aromatic ring is 1. The summed E-state index contributed by atoms with van der Waals surface area (Å²) >= 11 is 0. The summed E-state index contributed by atoms with van der Waals surface area (Å²) in [4.78, 5) is 19.7. The van der Waals surface area contributed by atoms with Crippen LogP contribution in [0.4, 0.5) is 5.69 Å². The fraction of sp³-hybridized carbons (Fsp3) is 0.267. The van der Waals surface area contributed by atoms with Gasteiger partial charge < -0.3 is 25.3 Å². The topological polar surface area (TPSA) is 124 Å². The molecule has 8 heteroatoms. The highest BCUT2D eigenvalue weighted by Crippen LogP contribution is 2.28. The SMILES string of the molecule is Nc1cc2cc3nc(C4CNCCO4)oc3cc2nc1C(=O)O. The third-order valence-corrected chi connectivity index (χ3v) is 3.78. The lowest BCUT2D eigenvalue weighted by atomic mass is 10.1. The average Bonchev–Trinajstić information content (AvgIpc) is 2.95. The minimum Gasteiger partial charge on any atom is -0.476 e. The molecule has 3 aromatic rings. The van der Waals surface area contributed by atoms with Gasteiger partial charge in [-0.15, -0.1) is 0 Å². The van der Waals surface area contributed by atoms with Crippen molar-refractivity contribution in [2.24, 2.45) is 0 Å². The van der Waals surface area contributed by atoms with Crippen LogP contribution in [0.15, 0.2) is 22.6 Å². The minimum atomic E-state index is -1.16. The normalized spacial score (nSPS) is 18.5. The van der Waals surface area contributed by atoms with Crippen molar-refractivity contribution in [1.29, 1.82) is 0 Å². The Morgan fingerprint density at radius 3 is 2.91 bits per heavy atom. The highest BCUT2D eigenvalue weighted by molar-refractivity contribution is 5.99. The smallest absolute Gasteiger partial charge is 0.356 e. The van der Waals surface area contributed by atoms with E-state index in [-0.39, 0.29) is 17.5 Å². The Morgan fingerprint density at radius 2 is 2.17 bits per heavy atom. The second-order valence-electron chi connectivity index (χ2n) is 5.36. The quantitative estimate of drug-likeness (QED) is 0.647. The molecule has 118 valence electrons. The molecule has 1 fully saturated rings. The van der Waals surface area contributed by atoms with Crippen molar-refractivity contribution in [3.63, 3.8) is 0 Å². The lowest BCUT2D eigenvalue weighted by Crippen LogP contribution is -2.33. The number of nitrogens with two attached hydrogens (primary N) is 1. The molecule has 1 saturated heterocycles. The monoisotopic (exact) mass is 314 g/mol. The van der Waals surface area contributed by atoms with Crippen molar-refractivity contribution in [2.75, 3.05) is 25.4 Å². The van der Waals surface area contributed by atoms with Crippen LogP contribution in [0.5, 0.6) is 0 Å². The van der Waals surface area contributed by atoms with Crippen molar-refractivity contribution < 1.29 is 19.1 Å². The van der Waals surface area contributed by atoms with Crippen LogP contribution in [0, 0.1) is 0 Å². The van der Waals surface area contributed by atoms with Gasteiger partial charge in [-0.25, -0.2) is 14.8 Å². The van der Waals surface area contributed by atoms with Crippen LogP contribution in [0.1, 0.15) is 22.5 Å². The number of nitrogens with one attached hydrogen (secondary N) is 1. The van der Waals surface area contributed by atoms with Gasteiger partial charge in [0, 0.05) is 24.5 Å². The molecule has 1 aromatic carbocycles. The van der Waals surface area contributed by atoms with Gasteiger partial charge in [0.15, 0.2) is 11.3 Å². The number of pyridine rings is 1. The lowest BCUT2D eigenvalue weighted by Gasteiger charge is -2.20. The maximum atomic E-state index is 11.1. The molecule has 0 amide bonds. The van der Waals surface area contributed by atoms with Crippen molar-refractivity contribution in [1.82, 2.24) is 15.3 Å². The first-order valence-corrected chi connectivity index (χ1v) is 7.18. The number of benzene rings is 1. The third kappa shape index (κ3) is 2.37. The molecule has 0 spiro atoms. The number of fused-ring (bicyclic) bond motifs is 2. The second kappa shape index (κ2) is 5.18. The first kappa shape index (κ1) is 13.9. The molecule has 1 aliphatic rings. The van der Waals surface area contributed by atoms with Crippen molar-refractivity contribution in [3.8, 4) is 0 Å². The molecule has 0 bridgehead atoms. The van der Waals surface area contributed by atoms with Crippen LogP contribution in [0.2, 0.25) is 0 Å². The number of rotatable bonds is 2. The Kier molecular flexibility index (Phi) is 3.14. The van der Waals surface area contributed by atoms with Gasteiger partial charge in [0.2, 0.25) is 5.89 Å². The molecular formula is C15H14N4O4. The van der Waals surface area contributed by atoms with Gasteiger partial charge in [0.1, 0.15) is 11.6 Å². The largest absolute Gasteiger partial charge is 0.476 e. The van der Waals surface area contributed by atoms with Gasteiger partial charge in [-0.2, -0.15) is 0 Å². The maximum absolute atomic E-state index is 11.1. The summed E-state index contributed by atoms with van der Waals surface area (Å²) in [6.45, 7) is 2.05. The molecule has 23 heavy (non-hydrogen) atoms. The van der Waals surface area contributed by atoms with E-state index in [9.17, 15) is 4.79 Å². The van der Waals surface area contributed by atoms with Crippen molar-refractivity contribution >= 4 is 33.7 Å². The van der Waals surface area contributed by atoms with Crippen molar-refractivity contribution in [3.05, 3.63) is 29.8 Å². The number of carboxylic acids is 1. The first-order chi connectivity index (χ1) is 11.1. The van der Waals surface area contributed by atoms with Gasteiger partial charge >= 0.3 is 5.97 Å². The molecule has 2 aromatic heterocycles. The third-order valence-electron chi connectivity index (χ3n) is 3.78. The Labute approximate surface area is 130 Å². The standard InChI is InChI=1S/C15H14N4O4/c16-8-3-7-4-10-11(5-9(7)18-13(8)15(20)21)23-14(19-10)12-6-17-1-2-22-12/h3-5,12,17H,1-2,6,16H2,(H,20,21). The summed E-state index contributed by atoms with van der Waals surface area (Å²) in [5, 5.41) is 13.0. The molecule has 8 nitrogen and oxygen atoms in total. The number of nitrogens with zero attached hydrogens (tertiary/aromatic N) is 2. The zero-order valence-corrected chi connectivity index (χ0v) is 12.1. The molecule has 4 rings (SSSR count). The highest BCUT2D eigenvalue weighted by Gasteiger charge is 2.22. The summed E-state index contributed by atoms with van der Waals surface area (Å²) in [6.07, 6.45) is -0.230. The van der Waals surface area contributed by atoms with E-state index >= 15 is 0 Å². The number of aromatic nitrogens is 2. The van der Waals surface area contributed by atoms with E-state index in [1.807, 2.05) is 0 Å². The molecule has 0 radical (unpaired) electrons. The second-order valence-corrected chi connectivity index (χ2v) is 5.36. The number of ether oxygens (including phenoxy) is 1. The lowest BCUT2D eigenvalue weighted by molar-refractivity contribution is 0.0118. The van der Waals surface area contributed by atoms with Crippen LogP contribution >= 0.6 is 0 Å². The van der Waals surface area contributed by atoms with Gasteiger partial charge in [0.05, 0.1) is 17.8 Å². The van der Waals surface area contributed by atoms with Crippen LogP contribution in [-0.4, -0.2) is 40.7 Å². The van der Waals surface area contributed by atoms with E-state index in [0.717, 1.165) is 6.54 Å². The zero-order valence-electron chi connectivity index (χ0n) is 12.1. The molecule has 4 N–H and O–H groups in total. The number of aromatic carboxylic acids is 1. The predicted molar refractivity (Wildman–Crippen MR) is 82.2 cm³/mol. The van der Waals surface area contributed by atoms with Crippen LogP contribution in [0.25, 0.3) is 22.0 Å². The summed E-state index contributed by atoms with van der Waals surface area (Å²) in [5.74, 6) is -0.668. The number of hydrogen-bond donors (Lipinski definition) is 3. The predicted octanol–water partition coefficient (Wildman–Crippen LogP) is 1.32. The van der Waals surface area contributed by atoms with Crippen molar-refractivity contribution in [2.45, 2.75) is 6.10 Å². The average molecular weight is 314 g/mol. The summed E-state index contributed by atoms with van der Waals surface area (Å²) in [5.41, 5.74) is 7.38. The number of morpholine rings is 1. The Bertz CT molecular complexity index is 915. The number of oxazole rings is 1. The number of anilines is 1. The molecule has 1 atom stereocenters. The summed E-state index contributed by atoms with van der Waals surface area (Å²) in [6, 6.07) is 5.03. The number of carboxylic acid groups (broad SMARTS) is 1. The molecule has 3 heterocycles. The Balaban J connectivity index is 1.84. The van der Waals surface area contributed by atoms with E-state index in [1.165, 1.54) is 0 Å². The fourth-order valence-corrected chi connectivity index (χ4v) is 2.66.